The van der Waals surface area contributed by atoms with Crippen LogP contribution >= 0.6 is 0 Å². The molecule has 0 aliphatic carbocycles. The van der Waals surface area contributed by atoms with Gasteiger partial charge in [-0.25, -0.2) is 4.79 Å². The van der Waals surface area contributed by atoms with E-state index in [9.17, 15) is 4.79 Å². The van der Waals surface area contributed by atoms with Gasteiger partial charge < -0.3 is 5.11 Å². The summed E-state index contributed by atoms with van der Waals surface area (Å²) in [6.45, 7) is 3.88. The van der Waals surface area contributed by atoms with Crippen molar-refractivity contribution in [3.8, 4) is 0 Å². The number of carboxylic acid groups (broad SMARTS) is 1. The van der Waals surface area contributed by atoms with Crippen molar-refractivity contribution in [3.63, 3.8) is 0 Å². The first-order chi connectivity index (χ1) is 4.61. The van der Waals surface area contributed by atoms with Gasteiger partial charge >= 0.3 is 5.97 Å². The second kappa shape index (κ2) is 2.40. The van der Waals surface area contributed by atoms with Crippen LogP contribution in [0, 0.1) is 5.92 Å². The van der Waals surface area contributed by atoms with Gasteiger partial charge in [-0.1, -0.05) is 6.92 Å². The third kappa shape index (κ3) is 1.17. The molecular weight excluding hydrogens is 130 g/mol. The largest absolute Gasteiger partial charge is 0.480 e. The van der Waals surface area contributed by atoms with Gasteiger partial charge in [-0.2, -0.15) is 0 Å². The number of rotatable bonds is 1. The van der Waals surface area contributed by atoms with Gasteiger partial charge in [0.05, 0.1) is 0 Å². The quantitative estimate of drug-likeness (QED) is 0.590. The maximum atomic E-state index is 10.4. The average molecular weight is 141 g/mol. The van der Waals surface area contributed by atoms with Crippen molar-refractivity contribution in [3.05, 3.63) is 0 Å². The summed E-state index contributed by atoms with van der Waals surface area (Å²) >= 11 is 0. The second-order valence-corrected chi connectivity index (χ2v) is 2.76. The molecule has 56 valence electrons. The topological polar surface area (TPSA) is 49.7 Å². The Balaban J connectivity index is 2.65. The van der Waals surface area contributed by atoms with Crippen LogP contribution in [0.2, 0.25) is 0 Å². The predicted octanol–water partition coefficient (Wildman–Crippen LogP) is 0.940. The number of aliphatic imine (C=N–C) groups is 1. The highest BCUT2D eigenvalue weighted by Gasteiger charge is 2.26. The summed E-state index contributed by atoms with van der Waals surface area (Å²) in [6, 6.07) is -0.477. The van der Waals surface area contributed by atoms with Gasteiger partial charge in [-0.05, 0) is 19.3 Å². The molecule has 0 amide bonds. The SMILES string of the molecule is CC1=NC(C(=O)O)CC1C. The molecule has 3 nitrogen and oxygen atoms in total. The van der Waals surface area contributed by atoms with E-state index in [0.717, 1.165) is 5.71 Å². The van der Waals surface area contributed by atoms with E-state index in [4.69, 9.17) is 5.11 Å². The molecule has 3 heteroatoms. The first-order valence-corrected chi connectivity index (χ1v) is 3.38. The summed E-state index contributed by atoms with van der Waals surface area (Å²) in [6.07, 6.45) is 0.668. The van der Waals surface area contributed by atoms with Gasteiger partial charge in [0.25, 0.3) is 0 Å². The summed E-state index contributed by atoms with van der Waals surface area (Å²) < 4.78 is 0. The van der Waals surface area contributed by atoms with Crippen LogP contribution in [0.5, 0.6) is 0 Å². The number of aliphatic carboxylic acids is 1. The lowest BCUT2D eigenvalue weighted by Gasteiger charge is -1.99. The first-order valence-electron chi connectivity index (χ1n) is 3.38. The fraction of sp³-hybridized carbons (Fsp3) is 0.714. The molecule has 1 rings (SSSR count). The minimum atomic E-state index is -0.802. The molecule has 0 aromatic rings. The maximum absolute atomic E-state index is 10.4. The van der Waals surface area contributed by atoms with E-state index in [1.807, 2.05) is 13.8 Å². The summed E-state index contributed by atoms with van der Waals surface area (Å²) in [5.41, 5.74) is 0.965. The third-order valence-electron chi connectivity index (χ3n) is 1.93. The summed E-state index contributed by atoms with van der Waals surface area (Å²) in [5, 5.41) is 8.54. The van der Waals surface area contributed by atoms with Crippen LogP contribution in [0.3, 0.4) is 0 Å². The van der Waals surface area contributed by atoms with Gasteiger partial charge in [0.1, 0.15) is 6.04 Å². The van der Waals surface area contributed by atoms with Crippen LogP contribution in [0.15, 0.2) is 4.99 Å². The Labute approximate surface area is 59.8 Å². The molecule has 0 aromatic carbocycles. The van der Waals surface area contributed by atoms with E-state index >= 15 is 0 Å². The van der Waals surface area contributed by atoms with Crippen molar-refractivity contribution >= 4 is 11.7 Å². The molecule has 1 heterocycles. The lowest BCUT2D eigenvalue weighted by molar-refractivity contribution is -0.138. The van der Waals surface area contributed by atoms with Crippen molar-refractivity contribution < 1.29 is 9.90 Å². The predicted molar refractivity (Wildman–Crippen MR) is 38.3 cm³/mol. The number of carbonyl (C=O) groups is 1. The normalized spacial score (nSPS) is 32.0. The Hall–Kier alpha value is -0.860. The standard InChI is InChI=1S/C7H11NO2/c1-4-3-6(7(9)10)8-5(4)2/h4,6H,3H2,1-2H3,(H,9,10). The molecule has 0 radical (unpaired) electrons. The maximum Gasteiger partial charge on any atom is 0.328 e. The van der Waals surface area contributed by atoms with Gasteiger partial charge in [0, 0.05) is 5.71 Å². The Morgan fingerprint density at radius 3 is 2.60 bits per heavy atom. The Morgan fingerprint density at radius 1 is 1.80 bits per heavy atom. The smallest absolute Gasteiger partial charge is 0.328 e. The Bertz CT molecular complexity index is 186. The number of carboxylic acids is 1. The molecular formula is C7H11NO2. The molecule has 2 unspecified atom stereocenters. The lowest BCUT2D eigenvalue weighted by atomic mass is 10.0. The van der Waals surface area contributed by atoms with Crippen molar-refractivity contribution in [1.29, 1.82) is 0 Å². The molecule has 0 saturated heterocycles. The minimum Gasteiger partial charge on any atom is -0.480 e. The fourth-order valence-corrected chi connectivity index (χ4v) is 1.09. The molecule has 10 heavy (non-hydrogen) atoms. The molecule has 0 fully saturated rings. The Morgan fingerprint density at radius 2 is 2.40 bits per heavy atom. The third-order valence-corrected chi connectivity index (χ3v) is 1.93. The van der Waals surface area contributed by atoms with Gasteiger partial charge in [-0.15, -0.1) is 0 Å². The van der Waals surface area contributed by atoms with Crippen molar-refractivity contribution in [2.24, 2.45) is 10.9 Å². The zero-order valence-electron chi connectivity index (χ0n) is 6.16. The van der Waals surface area contributed by atoms with E-state index in [2.05, 4.69) is 4.99 Å². The molecule has 1 aliphatic heterocycles. The average Bonchev–Trinajstić information content (AvgIpc) is 2.13. The van der Waals surface area contributed by atoms with Crippen LogP contribution in [-0.4, -0.2) is 22.8 Å². The van der Waals surface area contributed by atoms with Gasteiger partial charge in [0.2, 0.25) is 0 Å². The molecule has 2 atom stereocenters. The summed E-state index contributed by atoms with van der Waals surface area (Å²) in [5.74, 6) is -0.454. The van der Waals surface area contributed by atoms with Gasteiger partial charge in [0.15, 0.2) is 0 Å². The van der Waals surface area contributed by atoms with Crippen molar-refractivity contribution in [2.45, 2.75) is 26.3 Å². The molecule has 1 aliphatic rings. The van der Waals surface area contributed by atoms with E-state index in [0.29, 0.717) is 12.3 Å². The molecule has 1 N–H and O–H groups in total. The molecule has 0 spiro atoms. The number of nitrogens with zero attached hydrogens (tertiary/aromatic N) is 1. The molecule has 0 bridgehead atoms. The fourth-order valence-electron chi connectivity index (χ4n) is 1.09. The zero-order valence-corrected chi connectivity index (χ0v) is 6.16. The van der Waals surface area contributed by atoms with E-state index < -0.39 is 12.0 Å². The van der Waals surface area contributed by atoms with E-state index in [-0.39, 0.29) is 0 Å². The van der Waals surface area contributed by atoms with Crippen LogP contribution < -0.4 is 0 Å². The van der Waals surface area contributed by atoms with Gasteiger partial charge in [-0.3, -0.25) is 4.99 Å². The van der Waals surface area contributed by atoms with Crippen LogP contribution in [-0.2, 0) is 4.79 Å². The van der Waals surface area contributed by atoms with E-state index in [1.165, 1.54) is 0 Å². The Kier molecular flexibility index (Phi) is 1.74. The molecule has 0 saturated carbocycles. The summed E-state index contributed by atoms with van der Waals surface area (Å²) in [7, 11) is 0. The monoisotopic (exact) mass is 141 g/mol. The molecule has 0 aromatic heterocycles. The number of hydrogen-bond donors (Lipinski definition) is 1. The second-order valence-electron chi connectivity index (χ2n) is 2.76. The van der Waals surface area contributed by atoms with Crippen LogP contribution in [0.1, 0.15) is 20.3 Å². The highest BCUT2D eigenvalue weighted by Crippen LogP contribution is 2.19. The highest BCUT2D eigenvalue weighted by atomic mass is 16.4. The van der Waals surface area contributed by atoms with E-state index in [1.54, 1.807) is 0 Å². The zero-order chi connectivity index (χ0) is 7.72. The van der Waals surface area contributed by atoms with Crippen molar-refractivity contribution in [1.82, 2.24) is 0 Å². The number of hydrogen-bond acceptors (Lipinski definition) is 2. The lowest BCUT2D eigenvalue weighted by Crippen LogP contribution is -2.15. The first kappa shape index (κ1) is 7.25. The highest BCUT2D eigenvalue weighted by molar-refractivity contribution is 5.90. The van der Waals surface area contributed by atoms with Crippen LogP contribution in [0.25, 0.3) is 0 Å². The van der Waals surface area contributed by atoms with Crippen molar-refractivity contribution in [2.75, 3.05) is 0 Å². The van der Waals surface area contributed by atoms with Crippen LogP contribution in [0.4, 0.5) is 0 Å². The minimum absolute atomic E-state index is 0.348. The summed E-state index contributed by atoms with van der Waals surface area (Å²) in [4.78, 5) is 14.4.